The van der Waals surface area contributed by atoms with Gasteiger partial charge in [-0.25, -0.2) is 14.0 Å². The minimum Gasteiger partial charge on any atom is -0.480 e. The first-order valence-electron chi connectivity index (χ1n) is 5.85. The van der Waals surface area contributed by atoms with Crippen molar-refractivity contribution in [3.63, 3.8) is 0 Å². The molecular formula is C12H14FN3O3. The van der Waals surface area contributed by atoms with Crippen LogP contribution in [0, 0.1) is 5.82 Å². The number of carboxylic acid groups (broad SMARTS) is 1. The van der Waals surface area contributed by atoms with Crippen LogP contribution in [-0.4, -0.2) is 47.7 Å². The van der Waals surface area contributed by atoms with E-state index in [1.165, 1.54) is 23.1 Å². The highest BCUT2D eigenvalue weighted by atomic mass is 19.1. The molecule has 1 fully saturated rings. The average Bonchev–Trinajstić information content (AvgIpc) is 2.41. The zero-order chi connectivity index (χ0) is 13.8. The molecule has 19 heavy (non-hydrogen) atoms. The third-order valence-corrected chi connectivity index (χ3v) is 2.90. The fourth-order valence-electron chi connectivity index (χ4n) is 1.92. The largest absolute Gasteiger partial charge is 0.480 e. The summed E-state index contributed by atoms with van der Waals surface area (Å²) in [5, 5.41) is 14.3. The molecule has 1 unspecified atom stereocenters. The number of benzene rings is 1. The molecule has 0 aromatic heterocycles. The number of carboxylic acids is 1. The number of piperazine rings is 1. The molecule has 0 saturated carbocycles. The number of urea groups is 1. The van der Waals surface area contributed by atoms with Gasteiger partial charge < -0.3 is 20.6 Å². The Kier molecular flexibility index (Phi) is 3.96. The van der Waals surface area contributed by atoms with Gasteiger partial charge in [0.05, 0.1) is 5.69 Å². The van der Waals surface area contributed by atoms with E-state index in [0.717, 1.165) is 0 Å². The summed E-state index contributed by atoms with van der Waals surface area (Å²) in [7, 11) is 0. The first kappa shape index (κ1) is 13.3. The maximum absolute atomic E-state index is 13.4. The standard InChI is InChI=1S/C12H14FN3O3/c13-8-3-1-2-4-9(8)15-12(19)16-6-5-14-7-10(16)11(17)18/h1-4,10,14H,5-7H2,(H,15,19)(H,17,18). The summed E-state index contributed by atoms with van der Waals surface area (Å²) in [5.74, 6) is -1.64. The van der Waals surface area contributed by atoms with E-state index in [4.69, 9.17) is 5.11 Å². The van der Waals surface area contributed by atoms with Crippen molar-refractivity contribution in [1.29, 1.82) is 0 Å². The molecule has 2 rings (SSSR count). The Bertz CT molecular complexity index is 495. The fourth-order valence-corrected chi connectivity index (χ4v) is 1.92. The number of carbonyl (C=O) groups is 2. The van der Waals surface area contributed by atoms with Crippen LogP contribution in [0.2, 0.25) is 0 Å². The van der Waals surface area contributed by atoms with E-state index in [2.05, 4.69) is 10.6 Å². The Morgan fingerprint density at radius 2 is 2.16 bits per heavy atom. The molecule has 6 nitrogen and oxygen atoms in total. The molecule has 0 aliphatic carbocycles. The molecule has 3 N–H and O–H groups in total. The number of nitrogens with zero attached hydrogens (tertiary/aromatic N) is 1. The molecule has 1 aliphatic heterocycles. The lowest BCUT2D eigenvalue weighted by atomic mass is 10.2. The van der Waals surface area contributed by atoms with Crippen molar-refractivity contribution < 1.29 is 19.1 Å². The van der Waals surface area contributed by atoms with Crippen LogP contribution >= 0.6 is 0 Å². The predicted molar refractivity (Wildman–Crippen MR) is 66.4 cm³/mol. The number of amides is 2. The molecule has 0 radical (unpaired) electrons. The Morgan fingerprint density at radius 3 is 2.84 bits per heavy atom. The van der Waals surface area contributed by atoms with Gasteiger partial charge in [0.2, 0.25) is 0 Å². The minimum atomic E-state index is -1.09. The molecule has 0 bridgehead atoms. The van der Waals surface area contributed by atoms with Gasteiger partial charge in [-0.1, -0.05) is 12.1 Å². The Balaban J connectivity index is 2.10. The van der Waals surface area contributed by atoms with E-state index in [0.29, 0.717) is 6.54 Å². The van der Waals surface area contributed by atoms with Crippen LogP contribution < -0.4 is 10.6 Å². The Labute approximate surface area is 109 Å². The highest BCUT2D eigenvalue weighted by Crippen LogP contribution is 2.14. The lowest BCUT2D eigenvalue weighted by molar-refractivity contribution is -0.142. The molecule has 1 aliphatic rings. The molecule has 1 atom stereocenters. The number of halogens is 1. The van der Waals surface area contributed by atoms with E-state index in [9.17, 15) is 14.0 Å². The van der Waals surface area contributed by atoms with Gasteiger partial charge in [-0.05, 0) is 12.1 Å². The van der Waals surface area contributed by atoms with Gasteiger partial charge in [-0.3, -0.25) is 0 Å². The quantitative estimate of drug-likeness (QED) is 0.737. The van der Waals surface area contributed by atoms with E-state index in [-0.39, 0.29) is 18.8 Å². The van der Waals surface area contributed by atoms with Gasteiger partial charge >= 0.3 is 12.0 Å². The van der Waals surface area contributed by atoms with Crippen molar-refractivity contribution >= 4 is 17.7 Å². The topological polar surface area (TPSA) is 81.7 Å². The summed E-state index contributed by atoms with van der Waals surface area (Å²) in [6.45, 7) is 0.950. The van der Waals surface area contributed by atoms with Gasteiger partial charge in [0.25, 0.3) is 0 Å². The van der Waals surface area contributed by atoms with E-state index in [1.54, 1.807) is 6.07 Å². The van der Waals surface area contributed by atoms with Crippen LogP contribution in [0.5, 0.6) is 0 Å². The second kappa shape index (κ2) is 5.66. The molecule has 0 spiro atoms. The molecule has 1 aromatic carbocycles. The van der Waals surface area contributed by atoms with Gasteiger partial charge in [0.15, 0.2) is 0 Å². The maximum Gasteiger partial charge on any atom is 0.327 e. The van der Waals surface area contributed by atoms with Crippen LogP contribution in [0.1, 0.15) is 0 Å². The second-order valence-corrected chi connectivity index (χ2v) is 4.16. The number of aliphatic carboxylic acids is 1. The lowest BCUT2D eigenvalue weighted by Gasteiger charge is -2.33. The third kappa shape index (κ3) is 3.00. The minimum absolute atomic E-state index is 0.0372. The number of hydrogen-bond donors (Lipinski definition) is 3. The molecule has 1 saturated heterocycles. The monoisotopic (exact) mass is 267 g/mol. The molecule has 1 aromatic rings. The number of anilines is 1. The summed E-state index contributed by atoms with van der Waals surface area (Å²) in [6.07, 6.45) is 0. The number of para-hydroxylation sites is 1. The maximum atomic E-state index is 13.4. The summed E-state index contributed by atoms with van der Waals surface area (Å²) in [6, 6.07) is 4.19. The second-order valence-electron chi connectivity index (χ2n) is 4.16. The van der Waals surface area contributed by atoms with Crippen LogP contribution in [0.3, 0.4) is 0 Å². The Hall–Kier alpha value is -2.15. The first-order valence-corrected chi connectivity index (χ1v) is 5.85. The van der Waals surface area contributed by atoms with Crippen LogP contribution in [0.25, 0.3) is 0 Å². The van der Waals surface area contributed by atoms with Gasteiger partial charge in [0.1, 0.15) is 11.9 Å². The molecule has 7 heteroatoms. The smallest absolute Gasteiger partial charge is 0.327 e. The van der Waals surface area contributed by atoms with Crippen molar-refractivity contribution in [2.75, 3.05) is 25.0 Å². The Morgan fingerprint density at radius 1 is 1.42 bits per heavy atom. The van der Waals surface area contributed by atoms with Gasteiger partial charge in [0, 0.05) is 19.6 Å². The van der Waals surface area contributed by atoms with E-state index in [1.807, 2.05) is 0 Å². The zero-order valence-corrected chi connectivity index (χ0v) is 10.1. The molecular weight excluding hydrogens is 253 g/mol. The normalized spacial score (nSPS) is 19.0. The van der Waals surface area contributed by atoms with Crippen molar-refractivity contribution in [3.05, 3.63) is 30.1 Å². The van der Waals surface area contributed by atoms with Crippen molar-refractivity contribution in [2.45, 2.75) is 6.04 Å². The third-order valence-electron chi connectivity index (χ3n) is 2.90. The van der Waals surface area contributed by atoms with E-state index >= 15 is 0 Å². The van der Waals surface area contributed by atoms with Crippen LogP contribution in [-0.2, 0) is 4.79 Å². The van der Waals surface area contributed by atoms with Crippen molar-refractivity contribution in [2.24, 2.45) is 0 Å². The number of carbonyl (C=O) groups excluding carboxylic acids is 1. The van der Waals surface area contributed by atoms with Gasteiger partial charge in [-0.15, -0.1) is 0 Å². The summed E-state index contributed by atoms with van der Waals surface area (Å²) in [4.78, 5) is 24.2. The van der Waals surface area contributed by atoms with Crippen molar-refractivity contribution in [1.82, 2.24) is 10.2 Å². The SMILES string of the molecule is O=C(O)C1CNCCN1C(=O)Nc1ccccc1F. The predicted octanol–water partition coefficient (Wildman–Crippen LogP) is 0.716. The molecule has 1 heterocycles. The summed E-state index contributed by atoms with van der Waals surface area (Å²) < 4.78 is 13.4. The number of rotatable bonds is 2. The zero-order valence-electron chi connectivity index (χ0n) is 10.1. The summed E-state index contributed by atoms with van der Waals surface area (Å²) >= 11 is 0. The fraction of sp³-hybridized carbons (Fsp3) is 0.333. The van der Waals surface area contributed by atoms with Crippen molar-refractivity contribution in [3.8, 4) is 0 Å². The average molecular weight is 267 g/mol. The van der Waals surface area contributed by atoms with Crippen LogP contribution in [0.4, 0.5) is 14.9 Å². The van der Waals surface area contributed by atoms with Gasteiger partial charge in [-0.2, -0.15) is 0 Å². The lowest BCUT2D eigenvalue weighted by Crippen LogP contribution is -2.58. The highest BCUT2D eigenvalue weighted by molar-refractivity contribution is 5.92. The number of nitrogens with one attached hydrogen (secondary N) is 2. The van der Waals surface area contributed by atoms with Crippen LogP contribution in [0.15, 0.2) is 24.3 Å². The number of hydrogen-bond acceptors (Lipinski definition) is 3. The summed E-state index contributed by atoms with van der Waals surface area (Å²) in [5.41, 5.74) is 0.0372. The first-order chi connectivity index (χ1) is 9.09. The van der Waals surface area contributed by atoms with E-state index < -0.39 is 23.9 Å². The molecule has 2 amide bonds. The highest BCUT2D eigenvalue weighted by Gasteiger charge is 2.32. The molecule has 102 valence electrons.